The van der Waals surface area contributed by atoms with E-state index in [1.54, 1.807) is 24.8 Å². The molecule has 1 aliphatic rings. The standard InChI is InChI=1S/C33H34F2N6O2/c1-8-22-11-10-12-24(34)27(22)29-25(35)15-23-31(37-29)41(30-19(5)13-14-36-28(30)18(3)4)33(43)38-32(23)40-20(6)16-39(17-21(40)7)26(42)9-2/h8-15,18,20-21H,1-2,16-17H2,3-7H3/t20-,21-/m0/s1/i5D3. The molecule has 1 amide bonds. The van der Waals surface area contributed by atoms with Gasteiger partial charge in [0.2, 0.25) is 5.91 Å². The van der Waals surface area contributed by atoms with Gasteiger partial charge in [-0.1, -0.05) is 45.2 Å². The molecule has 0 bridgehead atoms. The van der Waals surface area contributed by atoms with E-state index in [0.717, 1.165) is 16.7 Å². The molecule has 2 atom stereocenters. The average Bonchev–Trinajstić information content (AvgIpc) is 2.99. The molecule has 1 fully saturated rings. The molecule has 0 radical (unpaired) electrons. The maximum atomic E-state index is 16.2. The van der Waals surface area contributed by atoms with Crippen LogP contribution in [0.2, 0.25) is 0 Å². The van der Waals surface area contributed by atoms with E-state index < -0.39 is 29.9 Å². The van der Waals surface area contributed by atoms with Crippen molar-refractivity contribution in [1.82, 2.24) is 24.4 Å². The van der Waals surface area contributed by atoms with Crippen LogP contribution in [0.1, 0.15) is 54.5 Å². The summed E-state index contributed by atoms with van der Waals surface area (Å²) in [5, 5.41) is 0.0922. The molecule has 222 valence electrons. The number of pyridine rings is 2. The first-order chi connectivity index (χ1) is 21.7. The van der Waals surface area contributed by atoms with Crippen molar-refractivity contribution in [2.24, 2.45) is 0 Å². The zero-order valence-electron chi connectivity index (χ0n) is 27.4. The second-order valence-electron chi connectivity index (χ2n) is 11.0. The van der Waals surface area contributed by atoms with Crippen molar-refractivity contribution < 1.29 is 17.7 Å². The highest BCUT2D eigenvalue weighted by molar-refractivity contribution is 5.92. The van der Waals surface area contributed by atoms with Gasteiger partial charge in [0.1, 0.15) is 17.3 Å². The summed E-state index contributed by atoms with van der Waals surface area (Å²) >= 11 is 0. The Morgan fingerprint density at radius 1 is 1.12 bits per heavy atom. The summed E-state index contributed by atoms with van der Waals surface area (Å²) in [6.45, 7) is 12.5. The number of aryl methyl sites for hydroxylation is 1. The van der Waals surface area contributed by atoms with Gasteiger partial charge in [-0.05, 0) is 62.0 Å². The maximum absolute atomic E-state index is 16.2. The molecule has 1 aliphatic heterocycles. The lowest BCUT2D eigenvalue weighted by Crippen LogP contribution is -2.58. The van der Waals surface area contributed by atoms with Crippen LogP contribution in [-0.4, -0.2) is 55.5 Å². The normalized spacial score (nSPS) is 18.3. The molecule has 0 N–H and O–H groups in total. The Morgan fingerprint density at radius 3 is 2.47 bits per heavy atom. The van der Waals surface area contributed by atoms with Crippen molar-refractivity contribution in [2.75, 3.05) is 18.0 Å². The molecule has 10 heteroatoms. The van der Waals surface area contributed by atoms with Gasteiger partial charge in [-0.3, -0.25) is 9.78 Å². The molecule has 0 aliphatic carbocycles. The van der Waals surface area contributed by atoms with Crippen molar-refractivity contribution in [3.63, 3.8) is 0 Å². The van der Waals surface area contributed by atoms with Gasteiger partial charge < -0.3 is 9.80 Å². The fourth-order valence-electron chi connectivity index (χ4n) is 5.82. The molecule has 1 aromatic carbocycles. The predicted octanol–water partition coefficient (Wildman–Crippen LogP) is 5.81. The van der Waals surface area contributed by atoms with Gasteiger partial charge >= 0.3 is 5.69 Å². The van der Waals surface area contributed by atoms with Crippen LogP contribution in [0, 0.1) is 18.5 Å². The van der Waals surface area contributed by atoms with E-state index in [2.05, 4.69) is 28.1 Å². The fraction of sp³-hybridized carbons (Fsp3) is 0.303. The molecule has 1 saturated heterocycles. The minimum Gasteiger partial charge on any atom is -0.347 e. The Morgan fingerprint density at radius 2 is 1.84 bits per heavy atom. The summed E-state index contributed by atoms with van der Waals surface area (Å²) in [7, 11) is 0. The van der Waals surface area contributed by atoms with Gasteiger partial charge in [0.25, 0.3) is 0 Å². The van der Waals surface area contributed by atoms with Crippen LogP contribution < -0.4 is 10.6 Å². The van der Waals surface area contributed by atoms with E-state index in [1.165, 1.54) is 30.5 Å². The number of rotatable bonds is 6. The van der Waals surface area contributed by atoms with Crippen LogP contribution in [0.4, 0.5) is 14.6 Å². The number of nitrogens with zero attached hydrogens (tertiary/aromatic N) is 6. The number of piperazine rings is 1. The molecule has 43 heavy (non-hydrogen) atoms. The Bertz CT molecular complexity index is 1930. The highest BCUT2D eigenvalue weighted by atomic mass is 19.1. The lowest BCUT2D eigenvalue weighted by Gasteiger charge is -2.45. The van der Waals surface area contributed by atoms with Gasteiger partial charge in [0.05, 0.1) is 16.8 Å². The average molecular weight is 588 g/mol. The highest BCUT2D eigenvalue weighted by Crippen LogP contribution is 2.36. The third kappa shape index (κ3) is 5.11. The summed E-state index contributed by atoms with van der Waals surface area (Å²) in [6, 6.07) is 5.87. The third-order valence-electron chi connectivity index (χ3n) is 7.68. The lowest BCUT2D eigenvalue weighted by molar-refractivity contribution is -0.127. The third-order valence-corrected chi connectivity index (χ3v) is 7.68. The number of fused-ring (bicyclic) bond motifs is 1. The topological polar surface area (TPSA) is 84.2 Å². The SMILES string of the molecule is [2H]C([2H])([2H])c1ccnc(C(C)C)c1-n1c(=O)nc(N2[C@@H](C)CN(C(=O)C=C)C[C@@H]2C)c2cc(F)c(-c3c(F)cccc3C=C)nc21. The van der Waals surface area contributed by atoms with Gasteiger partial charge in [-0.15, -0.1) is 0 Å². The predicted molar refractivity (Wildman–Crippen MR) is 165 cm³/mol. The van der Waals surface area contributed by atoms with Crippen molar-refractivity contribution in [2.45, 2.75) is 52.5 Å². The number of benzene rings is 1. The smallest absolute Gasteiger partial charge is 0.347 e. The lowest BCUT2D eigenvalue weighted by atomic mass is 10.0. The van der Waals surface area contributed by atoms with E-state index in [0.29, 0.717) is 0 Å². The molecule has 4 heterocycles. The van der Waals surface area contributed by atoms with Crippen LogP contribution in [0.5, 0.6) is 0 Å². The minimum absolute atomic E-state index is 0.0448. The zero-order chi connectivity index (χ0) is 33.7. The Kier molecular flexibility index (Phi) is 6.94. The molecule has 3 aromatic heterocycles. The van der Waals surface area contributed by atoms with E-state index >= 15 is 8.78 Å². The van der Waals surface area contributed by atoms with E-state index in [9.17, 15) is 9.59 Å². The first-order valence-corrected chi connectivity index (χ1v) is 13.9. The molecular weight excluding hydrogens is 550 g/mol. The quantitative estimate of drug-likeness (QED) is 0.265. The second-order valence-corrected chi connectivity index (χ2v) is 11.0. The zero-order valence-corrected chi connectivity index (χ0v) is 24.4. The highest BCUT2D eigenvalue weighted by Gasteiger charge is 2.34. The molecule has 0 saturated carbocycles. The summed E-state index contributed by atoms with van der Waals surface area (Å²) in [5.41, 5.74) is -1.23. The van der Waals surface area contributed by atoms with Crippen LogP contribution in [-0.2, 0) is 4.79 Å². The summed E-state index contributed by atoms with van der Waals surface area (Å²) < 4.78 is 57.4. The monoisotopic (exact) mass is 587 g/mol. The van der Waals surface area contributed by atoms with Crippen molar-refractivity contribution in [3.05, 3.63) is 94.7 Å². The van der Waals surface area contributed by atoms with Crippen LogP contribution in [0.3, 0.4) is 0 Å². The molecule has 0 spiro atoms. The summed E-state index contributed by atoms with van der Waals surface area (Å²) in [6.07, 6.45) is 3.96. The van der Waals surface area contributed by atoms with Crippen LogP contribution in [0.25, 0.3) is 34.1 Å². The largest absolute Gasteiger partial charge is 0.355 e. The summed E-state index contributed by atoms with van der Waals surface area (Å²) in [4.78, 5) is 43.5. The van der Waals surface area contributed by atoms with E-state index in [-0.39, 0.29) is 81.9 Å². The molecule has 0 unspecified atom stereocenters. The van der Waals surface area contributed by atoms with Gasteiger partial charge in [-0.2, -0.15) is 4.98 Å². The molecule has 4 aromatic rings. The number of anilines is 1. The molecule has 5 rings (SSSR count). The molecule has 8 nitrogen and oxygen atoms in total. The van der Waals surface area contributed by atoms with Crippen molar-refractivity contribution in [3.8, 4) is 16.9 Å². The van der Waals surface area contributed by atoms with Crippen LogP contribution >= 0.6 is 0 Å². The number of carbonyl (C=O) groups excluding carboxylic acids is 1. The summed E-state index contributed by atoms with van der Waals surface area (Å²) in [5.74, 6) is -2.14. The number of aromatic nitrogens is 4. The number of carbonyl (C=O) groups is 1. The first-order valence-electron chi connectivity index (χ1n) is 15.4. The van der Waals surface area contributed by atoms with Gasteiger partial charge in [0.15, 0.2) is 11.5 Å². The number of amides is 1. The number of hydrogen-bond donors (Lipinski definition) is 0. The Balaban J connectivity index is 1.92. The van der Waals surface area contributed by atoms with Crippen molar-refractivity contribution >= 4 is 28.8 Å². The van der Waals surface area contributed by atoms with Gasteiger partial charge in [0, 0.05) is 41.0 Å². The Hall–Kier alpha value is -4.73. The van der Waals surface area contributed by atoms with Gasteiger partial charge in [-0.25, -0.2) is 23.1 Å². The van der Waals surface area contributed by atoms with E-state index in [4.69, 9.17) is 4.11 Å². The minimum atomic E-state index is -2.67. The van der Waals surface area contributed by atoms with E-state index in [1.807, 2.05) is 18.7 Å². The second kappa shape index (κ2) is 11.5. The first kappa shape index (κ1) is 25.9. The number of hydrogen-bond acceptors (Lipinski definition) is 6. The maximum Gasteiger partial charge on any atom is 0.355 e. The fourth-order valence-corrected chi connectivity index (χ4v) is 5.82. The van der Waals surface area contributed by atoms with Crippen molar-refractivity contribution in [1.29, 1.82) is 0 Å². The number of halogens is 2. The Labute approximate surface area is 253 Å². The molecular formula is C33H34F2N6O2. The van der Waals surface area contributed by atoms with Crippen LogP contribution in [0.15, 0.2) is 60.6 Å².